The lowest BCUT2D eigenvalue weighted by molar-refractivity contribution is -0.155. The Morgan fingerprint density at radius 1 is 0.896 bits per heavy atom. The highest BCUT2D eigenvalue weighted by Crippen LogP contribution is 2.22. The van der Waals surface area contributed by atoms with E-state index in [1.807, 2.05) is 20.8 Å². The average molecular weight is 671 g/mol. The van der Waals surface area contributed by atoms with Gasteiger partial charge in [0.2, 0.25) is 17.7 Å². The van der Waals surface area contributed by atoms with Crippen LogP contribution in [0.1, 0.15) is 85.1 Å². The molecule has 1 aromatic rings. The summed E-state index contributed by atoms with van der Waals surface area (Å²) in [5.74, 6) is -2.65. The van der Waals surface area contributed by atoms with Crippen LogP contribution in [0, 0.1) is 11.3 Å². The van der Waals surface area contributed by atoms with Gasteiger partial charge in [-0.25, -0.2) is 4.79 Å². The van der Waals surface area contributed by atoms with E-state index in [0.29, 0.717) is 37.8 Å². The fourth-order valence-electron chi connectivity index (χ4n) is 4.61. The first kappa shape index (κ1) is 39.4. The second kappa shape index (κ2) is 19.2. The molecule has 0 spiro atoms. The number of anilines is 1. The molecular weight excluding hydrogens is 620 g/mol. The van der Waals surface area contributed by atoms with E-state index >= 15 is 0 Å². The van der Waals surface area contributed by atoms with E-state index in [9.17, 15) is 33.6 Å². The predicted molar refractivity (Wildman–Crippen MR) is 179 cm³/mol. The van der Waals surface area contributed by atoms with Crippen molar-refractivity contribution in [1.82, 2.24) is 20.9 Å². The number of carbonyl (C=O) groups excluding carboxylic acids is 7. The van der Waals surface area contributed by atoms with Gasteiger partial charge in [0.05, 0.1) is 5.41 Å². The molecule has 264 valence electrons. The predicted octanol–water partition coefficient (Wildman–Crippen LogP) is 2.66. The van der Waals surface area contributed by atoms with Crippen molar-refractivity contribution < 1.29 is 38.3 Å². The largest absolute Gasteiger partial charge is 0.460 e. The first-order valence-electron chi connectivity index (χ1n) is 16.4. The van der Waals surface area contributed by atoms with E-state index in [4.69, 9.17) is 10.5 Å². The molecule has 2 rings (SSSR count). The third-order valence-corrected chi connectivity index (χ3v) is 8.08. The van der Waals surface area contributed by atoms with Gasteiger partial charge in [-0.15, -0.1) is 0 Å². The maximum Gasteiger partial charge on any atom is 0.312 e. The lowest BCUT2D eigenvalue weighted by Gasteiger charge is -2.25. The number of rotatable bonds is 20. The van der Waals surface area contributed by atoms with Gasteiger partial charge in [0.25, 0.3) is 11.8 Å². The first-order chi connectivity index (χ1) is 22.6. The van der Waals surface area contributed by atoms with Crippen molar-refractivity contribution in [1.29, 1.82) is 0 Å². The summed E-state index contributed by atoms with van der Waals surface area (Å²) in [4.78, 5) is 87.3. The molecule has 2 atom stereocenters. The SMILES string of the molecule is CCC(C)(C)C(=O)OCc1ccc(NC(=O)[C@H](CCCNC(N)=O)NC(=O)C(NC(=O)CCCCCN2C(=O)C=CC2=O)C(C)C)cc1. The van der Waals surface area contributed by atoms with Gasteiger partial charge in [-0.2, -0.15) is 0 Å². The molecule has 0 bridgehead atoms. The van der Waals surface area contributed by atoms with Crippen LogP contribution >= 0.6 is 0 Å². The Kier molecular flexibility index (Phi) is 15.7. The minimum atomic E-state index is -0.993. The third kappa shape index (κ3) is 13.2. The summed E-state index contributed by atoms with van der Waals surface area (Å²) in [5, 5.41) is 10.8. The average Bonchev–Trinajstić information content (AvgIpc) is 3.36. The zero-order chi connectivity index (χ0) is 35.9. The van der Waals surface area contributed by atoms with Crippen molar-refractivity contribution in [2.45, 2.75) is 98.3 Å². The molecule has 1 aromatic carbocycles. The number of nitrogens with two attached hydrogens (primary N) is 1. The third-order valence-electron chi connectivity index (χ3n) is 8.08. The minimum Gasteiger partial charge on any atom is -0.460 e. The van der Waals surface area contributed by atoms with Crippen LogP contribution in [0.25, 0.3) is 0 Å². The molecule has 0 saturated carbocycles. The van der Waals surface area contributed by atoms with Crippen molar-refractivity contribution in [3.63, 3.8) is 0 Å². The Bertz CT molecular complexity index is 1320. The Labute approximate surface area is 281 Å². The van der Waals surface area contributed by atoms with Gasteiger partial charge in [-0.05, 0) is 69.6 Å². The van der Waals surface area contributed by atoms with E-state index < -0.39 is 35.3 Å². The highest BCUT2D eigenvalue weighted by Gasteiger charge is 2.29. The quantitative estimate of drug-likeness (QED) is 0.0790. The minimum absolute atomic E-state index is 0.0860. The standard InChI is InChI=1S/C34H50N6O8/c1-6-34(4,5)32(46)48-21-23-13-15-24(16-14-23)37-30(44)25(11-10-19-36-33(35)47)38-31(45)29(22(2)3)39-26(41)12-8-7-9-20-40-27(42)17-18-28(40)43/h13-18,22,25,29H,6-12,19-21H2,1-5H3,(H,37,44)(H,38,45)(H,39,41)(H3,35,36,47)/t25-,29?/m0/s1. The lowest BCUT2D eigenvalue weighted by Crippen LogP contribution is -2.54. The summed E-state index contributed by atoms with van der Waals surface area (Å²) in [6, 6.07) is 4.15. The van der Waals surface area contributed by atoms with Crippen LogP contribution in [0.15, 0.2) is 36.4 Å². The van der Waals surface area contributed by atoms with Gasteiger partial charge in [0, 0.05) is 37.3 Å². The van der Waals surface area contributed by atoms with Gasteiger partial charge in [-0.3, -0.25) is 33.7 Å². The fourth-order valence-corrected chi connectivity index (χ4v) is 4.61. The van der Waals surface area contributed by atoms with Crippen LogP contribution in [-0.4, -0.2) is 71.6 Å². The Morgan fingerprint density at radius 2 is 1.54 bits per heavy atom. The molecule has 0 saturated heterocycles. The number of amides is 7. The molecule has 48 heavy (non-hydrogen) atoms. The zero-order valence-electron chi connectivity index (χ0n) is 28.6. The van der Waals surface area contributed by atoms with Crippen molar-refractivity contribution in [3.8, 4) is 0 Å². The second-order valence-corrected chi connectivity index (χ2v) is 12.8. The molecular formula is C34H50N6O8. The molecule has 1 aliphatic rings. The Morgan fingerprint density at radius 3 is 2.12 bits per heavy atom. The summed E-state index contributed by atoms with van der Waals surface area (Å²) >= 11 is 0. The number of nitrogens with one attached hydrogen (secondary N) is 4. The number of ether oxygens (including phenoxy) is 1. The maximum absolute atomic E-state index is 13.4. The van der Waals surface area contributed by atoms with Crippen LogP contribution in [-0.2, 0) is 40.1 Å². The van der Waals surface area contributed by atoms with Gasteiger partial charge in [-0.1, -0.05) is 39.3 Å². The van der Waals surface area contributed by atoms with Crippen LogP contribution in [0.5, 0.6) is 0 Å². The molecule has 0 radical (unpaired) electrons. The lowest BCUT2D eigenvalue weighted by atomic mass is 9.91. The molecule has 6 N–H and O–H groups in total. The van der Waals surface area contributed by atoms with Gasteiger partial charge in [0.1, 0.15) is 18.7 Å². The molecule has 7 amide bonds. The molecule has 1 heterocycles. The topological polar surface area (TPSA) is 206 Å². The number of unbranched alkanes of at least 4 members (excludes halogenated alkanes) is 2. The number of imide groups is 1. The molecule has 1 aliphatic heterocycles. The number of primary amides is 1. The number of carbonyl (C=O) groups is 7. The zero-order valence-corrected chi connectivity index (χ0v) is 28.6. The van der Waals surface area contributed by atoms with E-state index in [-0.39, 0.29) is 62.1 Å². The van der Waals surface area contributed by atoms with Crippen LogP contribution < -0.4 is 27.0 Å². The Balaban J connectivity index is 1.96. The number of esters is 1. The van der Waals surface area contributed by atoms with Gasteiger partial charge in [0.15, 0.2) is 0 Å². The second-order valence-electron chi connectivity index (χ2n) is 12.8. The number of nitrogens with zero attached hydrogens (tertiary/aromatic N) is 1. The molecule has 14 nitrogen and oxygen atoms in total. The highest BCUT2D eigenvalue weighted by molar-refractivity contribution is 6.12. The van der Waals surface area contributed by atoms with Crippen molar-refractivity contribution >= 4 is 47.2 Å². The van der Waals surface area contributed by atoms with E-state index in [0.717, 1.165) is 10.5 Å². The van der Waals surface area contributed by atoms with Gasteiger partial charge >= 0.3 is 12.0 Å². The molecule has 0 aromatic heterocycles. The maximum atomic E-state index is 13.4. The first-order valence-corrected chi connectivity index (χ1v) is 16.4. The summed E-state index contributed by atoms with van der Waals surface area (Å²) in [6.45, 7) is 9.65. The van der Waals surface area contributed by atoms with E-state index in [1.165, 1.54) is 12.2 Å². The smallest absolute Gasteiger partial charge is 0.312 e. The number of urea groups is 1. The summed E-state index contributed by atoms with van der Waals surface area (Å²) in [5.41, 5.74) is 5.75. The number of benzene rings is 1. The highest BCUT2D eigenvalue weighted by atomic mass is 16.5. The van der Waals surface area contributed by atoms with E-state index in [2.05, 4.69) is 21.3 Å². The fraction of sp³-hybridized carbons (Fsp3) is 0.559. The van der Waals surface area contributed by atoms with Crippen molar-refractivity contribution in [2.75, 3.05) is 18.4 Å². The summed E-state index contributed by atoms with van der Waals surface area (Å²) in [7, 11) is 0. The Hall–Kier alpha value is -4.75. The van der Waals surface area contributed by atoms with Gasteiger partial charge < -0.3 is 31.7 Å². The molecule has 0 aliphatic carbocycles. The normalized spacial score (nSPS) is 14.0. The van der Waals surface area contributed by atoms with Crippen molar-refractivity contribution in [2.24, 2.45) is 17.1 Å². The van der Waals surface area contributed by atoms with Crippen LogP contribution in [0.3, 0.4) is 0 Å². The molecule has 14 heteroatoms. The number of hydrogen-bond donors (Lipinski definition) is 5. The molecule has 0 fully saturated rings. The van der Waals surface area contributed by atoms with Crippen LogP contribution in [0.4, 0.5) is 10.5 Å². The van der Waals surface area contributed by atoms with Crippen molar-refractivity contribution in [3.05, 3.63) is 42.0 Å². The number of hydrogen-bond acceptors (Lipinski definition) is 8. The monoisotopic (exact) mass is 670 g/mol. The van der Waals surface area contributed by atoms with Crippen LogP contribution in [0.2, 0.25) is 0 Å². The summed E-state index contributed by atoms with van der Waals surface area (Å²) in [6.07, 6.45) is 5.41. The molecule has 1 unspecified atom stereocenters. The summed E-state index contributed by atoms with van der Waals surface area (Å²) < 4.78 is 5.42. The van der Waals surface area contributed by atoms with E-state index in [1.54, 1.807) is 38.1 Å².